The van der Waals surface area contributed by atoms with E-state index in [0.29, 0.717) is 18.8 Å². The van der Waals surface area contributed by atoms with E-state index in [0.717, 1.165) is 37.4 Å². The molecule has 1 aliphatic rings. The normalized spacial score (nSPS) is 17.3. The van der Waals surface area contributed by atoms with Gasteiger partial charge in [-0.3, -0.25) is 9.48 Å². The topological polar surface area (TPSA) is 59.4 Å². The monoisotopic (exact) mass is 342 g/mol. The van der Waals surface area contributed by atoms with Crippen molar-refractivity contribution < 1.29 is 9.53 Å². The molecule has 6 heteroatoms. The van der Waals surface area contributed by atoms with Crippen LogP contribution in [0.2, 0.25) is 0 Å². The molecule has 3 rings (SSSR count). The molecule has 0 aliphatic carbocycles. The fourth-order valence-electron chi connectivity index (χ4n) is 3.14. The van der Waals surface area contributed by atoms with Crippen LogP contribution in [-0.2, 0) is 13.2 Å². The second kappa shape index (κ2) is 8.16. The maximum Gasteiger partial charge on any atom is 0.272 e. The Morgan fingerprint density at radius 3 is 2.88 bits per heavy atom. The van der Waals surface area contributed by atoms with Gasteiger partial charge in [0.1, 0.15) is 23.7 Å². The second-order valence-electron chi connectivity index (χ2n) is 6.35. The first-order valence-corrected chi connectivity index (χ1v) is 8.91. The zero-order valence-electron chi connectivity index (χ0n) is 14.9. The number of carbonyl (C=O) groups excluding carboxylic acids is 1. The van der Waals surface area contributed by atoms with Crippen LogP contribution < -0.4 is 10.1 Å². The number of aryl methyl sites for hydroxylation is 1. The van der Waals surface area contributed by atoms with Gasteiger partial charge in [0.25, 0.3) is 5.91 Å². The number of ether oxygens (including phenoxy) is 1. The molecular weight excluding hydrogens is 316 g/mol. The lowest BCUT2D eigenvalue weighted by Crippen LogP contribution is -2.47. The van der Waals surface area contributed by atoms with Crippen LogP contribution in [0.4, 0.5) is 0 Å². The molecule has 0 unspecified atom stereocenters. The average molecular weight is 342 g/mol. The van der Waals surface area contributed by atoms with Crippen LogP contribution in [0.1, 0.15) is 35.9 Å². The van der Waals surface area contributed by atoms with Crippen molar-refractivity contribution in [2.75, 3.05) is 20.1 Å². The van der Waals surface area contributed by atoms with Crippen molar-refractivity contribution in [1.82, 2.24) is 20.0 Å². The number of nitrogens with zero attached hydrogens (tertiary/aromatic N) is 3. The fourth-order valence-corrected chi connectivity index (χ4v) is 3.14. The number of rotatable bonds is 6. The summed E-state index contributed by atoms with van der Waals surface area (Å²) in [7, 11) is 1.88. The molecule has 1 fully saturated rings. The molecule has 25 heavy (non-hydrogen) atoms. The van der Waals surface area contributed by atoms with Crippen molar-refractivity contribution in [2.24, 2.45) is 0 Å². The highest BCUT2D eigenvalue weighted by Gasteiger charge is 2.25. The van der Waals surface area contributed by atoms with Gasteiger partial charge in [-0.15, -0.1) is 0 Å². The number of hydrogen-bond acceptors (Lipinski definition) is 4. The largest absolute Gasteiger partial charge is 0.487 e. The highest BCUT2D eigenvalue weighted by atomic mass is 16.5. The van der Waals surface area contributed by atoms with Crippen LogP contribution in [0.5, 0.6) is 5.75 Å². The Morgan fingerprint density at radius 2 is 2.20 bits per heavy atom. The van der Waals surface area contributed by atoms with Crippen molar-refractivity contribution >= 4 is 5.91 Å². The maximum atomic E-state index is 12.9. The van der Waals surface area contributed by atoms with Gasteiger partial charge in [-0.05, 0) is 44.5 Å². The summed E-state index contributed by atoms with van der Waals surface area (Å²) in [5.41, 5.74) is 1.39. The summed E-state index contributed by atoms with van der Waals surface area (Å²) in [6, 6.07) is 11.7. The number of para-hydroxylation sites is 1. The Kier molecular flexibility index (Phi) is 5.71. The van der Waals surface area contributed by atoms with Crippen molar-refractivity contribution in [2.45, 2.75) is 39.0 Å². The first-order valence-electron chi connectivity index (χ1n) is 8.91. The number of benzene rings is 1. The van der Waals surface area contributed by atoms with E-state index < -0.39 is 0 Å². The quantitative estimate of drug-likeness (QED) is 0.875. The molecule has 1 amide bonds. The minimum atomic E-state index is 0.0222. The van der Waals surface area contributed by atoms with E-state index in [-0.39, 0.29) is 11.9 Å². The molecule has 134 valence electrons. The van der Waals surface area contributed by atoms with Gasteiger partial charge in [-0.1, -0.05) is 18.2 Å². The van der Waals surface area contributed by atoms with Crippen LogP contribution in [0, 0.1) is 0 Å². The van der Waals surface area contributed by atoms with E-state index in [4.69, 9.17) is 4.74 Å². The lowest BCUT2D eigenvalue weighted by atomic mass is 10.1. The third-order valence-corrected chi connectivity index (χ3v) is 4.62. The Bertz CT molecular complexity index is 693. The number of amides is 1. The molecule has 6 nitrogen and oxygen atoms in total. The number of likely N-dealkylation sites (N-methyl/N-ethyl adjacent to an activating group) is 1. The SMILES string of the molecule is CCn1nc(COc2ccccc2)cc1C(=O)N(C)[C@H]1CCCNC1. The van der Waals surface area contributed by atoms with E-state index >= 15 is 0 Å². The molecule has 0 spiro atoms. The highest BCUT2D eigenvalue weighted by Crippen LogP contribution is 2.16. The fraction of sp³-hybridized carbons (Fsp3) is 0.474. The van der Waals surface area contributed by atoms with E-state index in [1.807, 2.05) is 55.3 Å². The zero-order valence-corrected chi connectivity index (χ0v) is 14.9. The number of nitrogens with one attached hydrogen (secondary N) is 1. The van der Waals surface area contributed by atoms with Gasteiger partial charge in [-0.25, -0.2) is 0 Å². The number of piperidine rings is 1. The molecule has 1 aliphatic heterocycles. The smallest absolute Gasteiger partial charge is 0.272 e. The number of carbonyl (C=O) groups is 1. The first kappa shape index (κ1) is 17.5. The number of aromatic nitrogens is 2. The Hall–Kier alpha value is -2.34. The Balaban J connectivity index is 1.70. The van der Waals surface area contributed by atoms with Crippen molar-refractivity contribution in [3.05, 3.63) is 47.8 Å². The summed E-state index contributed by atoms with van der Waals surface area (Å²) in [5.74, 6) is 0.820. The summed E-state index contributed by atoms with van der Waals surface area (Å²) in [4.78, 5) is 14.8. The first-order chi connectivity index (χ1) is 12.2. The van der Waals surface area contributed by atoms with E-state index in [9.17, 15) is 4.79 Å². The predicted octanol–water partition coefficient (Wildman–Crippen LogP) is 2.31. The van der Waals surface area contributed by atoms with Gasteiger partial charge >= 0.3 is 0 Å². The molecule has 1 saturated heterocycles. The third-order valence-electron chi connectivity index (χ3n) is 4.62. The summed E-state index contributed by atoms with van der Waals surface area (Å²) < 4.78 is 7.51. The highest BCUT2D eigenvalue weighted by molar-refractivity contribution is 5.92. The summed E-state index contributed by atoms with van der Waals surface area (Å²) in [6.07, 6.45) is 2.14. The molecule has 2 heterocycles. The van der Waals surface area contributed by atoms with Crippen molar-refractivity contribution in [1.29, 1.82) is 0 Å². The summed E-state index contributed by atoms with van der Waals surface area (Å²) in [6.45, 7) is 4.89. The Labute approximate surface area is 148 Å². The van der Waals surface area contributed by atoms with Gasteiger partial charge in [0.05, 0.1) is 0 Å². The lowest BCUT2D eigenvalue weighted by molar-refractivity contribution is 0.0695. The van der Waals surface area contributed by atoms with Gasteiger partial charge in [-0.2, -0.15) is 5.10 Å². The standard InChI is InChI=1S/C19H26N4O2/c1-3-23-18(19(24)22(2)16-8-7-11-20-13-16)12-15(21-23)14-25-17-9-5-4-6-10-17/h4-6,9-10,12,16,20H,3,7-8,11,13-14H2,1-2H3/t16-/m0/s1. The third kappa shape index (κ3) is 4.20. The minimum absolute atomic E-state index is 0.0222. The van der Waals surface area contributed by atoms with Gasteiger partial charge in [0.2, 0.25) is 0 Å². The average Bonchev–Trinajstić information content (AvgIpc) is 3.10. The van der Waals surface area contributed by atoms with Crippen molar-refractivity contribution in [3.8, 4) is 5.75 Å². The molecule has 2 aromatic rings. The van der Waals surface area contributed by atoms with Gasteiger partial charge < -0.3 is 15.0 Å². The minimum Gasteiger partial charge on any atom is -0.487 e. The van der Waals surface area contributed by atoms with Crippen molar-refractivity contribution in [3.63, 3.8) is 0 Å². The summed E-state index contributed by atoms with van der Waals surface area (Å²) in [5, 5.41) is 7.88. The predicted molar refractivity (Wildman–Crippen MR) is 96.7 cm³/mol. The van der Waals surface area contributed by atoms with Crippen LogP contribution in [0.15, 0.2) is 36.4 Å². The second-order valence-corrected chi connectivity index (χ2v) is 6.35. The van der Waals surface area contributed by atoms with Crippen LogP contribution in [-0.4, -0.2) is 46.8 Å². The zero-order chi connectivity index (χ0) is 17.6. The van der Waals surface area contributed by atoms with Crippen LogP contribution in [0.25, 0.3) is 0 Å². The summed E-state index contributed by atoms with van der Waals surface area (Å²) >= 11 is 0. The molecule has 1 atom stereocenters. The molecule has 0 saturated carbocycles. The number of hydrogen-bond donors (Lipinski definition) is 1. The van der Waals surface area contributed by atoms with Gasteiger partial charge in [0, 0.05) is 26.2 Å². The molecule has 0 bridgehead atoms. The van der Waals surface area contributed by atoms with E-state index in [1.165, 1.54) is 0 Å². The maximum absolute atomic E-state index is 12.9. The Morgan fingerprint density at radius 1 is 1.40 bits per heavy atom. The van der Waals surface area contributed by atoms with Crippen LogP contribution >= 0.6 is 0 Å². The molecule has 1 aromatic heterocycles. The van der Waals surface area contributed by atoms with Crippen LogP contribution in [0.3, 0.4) is 0 Å². The van der Waals surface area contributed by atoms with E-state index in [2.05, 4.69) is 10.4 Å². The van der Waals surface area contributed by atoms with E-state index in [1.54, 1.807) is 4.68 Å². The molecule has 1 aromatic carbocycles. The molecule has 1 N–H and O–H groups in total. The molecular formula is C19H26N4O2. The lowest BCUT2D eigenvalue weighted by Gasteiger charge is -2.31. The van der Waals surface area contributed by atoms with Gasteiger partial charge in [0.15, 0.2) is 0 Å². The molecule has 0 radical (unpaired) electrons.